The molecule has 1 N–H and O–H groups in total. The van der Waals surface area contributed by atoms with Gasteiger partial charge in [0.1, 0.15) is 0 Å². The van der Waals surface area contributed by atoms with Crippen LogP contribution in [0.2, 0.25) is 0 Å². The lowest BCUT2D eigenvalue weighted by Crippen LogP contribution is -2.65. The molecule has 1 aliphatic heterocycles. The fourth-order valence-electron chi connectivity index (χ4n) is 4.66. The van der Waals surface area contributed by atoms with Crippen LogP contribution < -0.4 is 5.32 Å². The molecule has 0 aromatic rings. The van der Waals surface area contributed by atoms with Crippen LogP contribution in [0.15, 0.2) is 0 Å². The van der Waals surface area contributed by atoms with E-state index in [9.17, 15) is 0 Å². The lowest BCUT2D eigenvalue weighted by atomic mass is 9.85. The Hall–Kier alpha value is 0.270. The molecule has 0 bridgehead atoms. The Morgan fingerprint density at radius 1 is 1.19 bits per heavy atom. The van der Waals surface area contributed by atoms with Crippen molar-refractivity contribution < 1.29 is 0 Å². The maximum atomic E-state index is 3.91. The minimum absolute atomic E-state index is 0.389. The van der Waals surface area contributed by atoms with Crippen LogP contribution in [0.4, 0.5) is 0 Å². The van der Waals surface area contributed by atoms with Crippen LogP contribution in [-0.2, 0) is 0 Å². The van der Waals surface area contributed by atoms with Gasteiger partial charge >= 0.3 is 0 Å². The second-order valence-corrected chi connectivity index (χ2v) is 9.26. The first-order valence-electron chi connectivity index (χ1n) is 9.15. The molecule has 0 radical (unpaired) electrons. The van der Waals surface area contributed by atoms with E-state index in [1.165, 1.54) is 71.0 Å². The van der Waals surface area contributed by atoms with E-state index in [0.29, 0.717) is 10.3 Å². The quantitative estimate of drug-likeness (QED) is 0.829. The van der Waals surface area contributed by atoms with Crippen molar-refractivity contribution in [2.24, 2.45) is 5.92 Å². The molecule has 0 aromatic heterocycles. The third-order valence-electron chi connectivity index (χ3n) is 6.43. The Labute approximate surface area is 135 Å². The van der Waals surface area contributed by atoms with E-state index in [-0.39, 0.29) is 0 Å². The highest BCUT2D eigenvalue weighted by Crippen LogP contribution is 2.44. The first-order valence-corrected chi connectivity index (χ1v) is 10.4. The molecule has 3 aliphatic rings. The zero-order valence-corrected chi connectivity index (χ0v) is 15.1. The Bertz CT molecular complexity index is 349. The third kappa shape index (κ3) is 3.45. The van der Waals surface area contributed by atoms with E-state index in [1.807, 2.05) is 0 Å². The summed E-state index contributed by atoms with van der Waals surface area (Å²) in [5.74, 6) is 0.939. The summed E-state index contributed by atoms with van der Waals surface area (Å²) in [6, 6.07) is 0.753. The molecule has 1 saturated heterocycles. The lowest BCUT2D eigenvalue weighted by Gasteiger charge is -2.50. The minimum Gasteiger partial charge on any atom is -0.308 e. The van der Waals surface area contributed by atoms with Gasteiger partial charge in [0.15, 0.2) is 0 Å². The Morgan fingerprint density at radius 2 is 1.90 bits per heavy atom. The molecule has 0 spiro atoms. The van der Waals surface area contributed by atoms with Crippen molar-refractivity contribution in [3.63, 3.8) is 0 Å². The second kappa shape index (κ2) is 6.41. The third-order valence-corrected chi connectivity index (χ3v) is 7.83. The summed E-state index contributed by atoms with van der Waals surface area (Å²) in [7, 11) is 0. The van der Waals surface area contributed by atoms with Crippen molar-refractivity contribution in [3.8, 4) is 0 Å². The van der Waals surface area contributed by atoms with Crippen LogP contribution in [0.25, 0.3) is 0 Å². The number of nitrogens with one attached hydrogen (secondary N) is 1. The lowest BCUT2D eigenvalue weighted by molar-refractivity contribution is 0.0598. The summed E-state index contributed by atoms with van der Waals surface area (Å²) in [5, 5.41) is 3.91. The highest BCUT2D eigenvalue weighted by Gasteiger charge is 2.47. The summed E-state index contributed by atoms with van der Waals surface area (Å²) in [6.45, 7) is 8.66. The second-order valence-electron chi connectivity index (χ2n) is 7.99. The fraction of sp³-hybridized carbons (Fsp3) is 1.00. The largest absolute Gasteiger partial charge is 0.308 e. The number of hydrogen-bond acceptors (Lipinski definition) is 3. The topological polar surface area (TPSA) is 15.3 Å². The summed E-state index contributed by atoms with van der Waals surface area (Å²) in [6.07, 6.45) is 13.8. The van der Waals surface area contributed by atoms with Gasteiger partial charge in [0.25, 0.3) is 0 Å². The first kappa shape index (κ1) is 16.1. The van der Waals surface area contributed by atoms with Crippen LogP contribution in [0, 0.1) is 5.92 Å². The molecule has 2 nitrogen and oxygen atoms in total. The van der Waals surface area contributed by atoms with E-state index >= 15 is 0 Å². The van der Waals surface area contributed by atoms with Crippen LogP contribution in [-0.4, -0.2) is 47.1 Å². The normalized spacial score (nSPS) is 37.6. The number of piperazine rings is 1. The monoisotopic (exact) mass is 310 g/mol. The Balaban J connectivity index is 1.70. The standard InChI is InChI=1S/C18H34N2S/c1-4-16-12-19-17(2,15-8-9-15)13-20(16)14-18(21-3)10-6-5-7-11-18/h15-16,19H,4-14H2,1-3H3. The van der Waals surface area contributed by atoms with Gasteiger partial charge < -0.3 is 5.32 Å². The van der Waals surface area contributed by atoms with E-state index in [4.69, 9.17) is 0 Å². The molecule has 21 heavy (non-hydrogen) atoms. The highest BCUT2D eigenvalue weighted by molar-refractivity contribution is 8.00. The zero-order chi connectivity index (χ0) is 14.9. The van der Waals surface area contributed by atoms with Crippen molar-refractivity contribution >= 4 is 11.8 Å². The number of thioether (sulfide) groups is 1. The summed E-state index contributed by atoms with van der Waals surface area (Å²) in [4.78, 5) is 2.87. The minimum atomic E-state index is 0.389. The highest BCUT2D eigenvalue weighted by atomic mass is 32.2. The predicted octanol–water partition coefficient (Wildman–Crippen LogP) is 3.90. The van der Waals surface area contributed by atoms with Gasteiger partial charge in [-0.25, -0.2) is 0 Å². The molecule has 2 aliphatic carbocycles. The van der Waals surface area contributed by atoms with Crippen molar-refractivity contribution in [2.45, 2.75) is 81.5 Å². The fourth-order valence-corrected chi connectivity index (χ4v) is 5.65. The molecule has 1 heterocycles. The van der Waals surface area contributed by atoms with E-state index in [2.05, 4.69) is 42.1 Å². The maximum Gasteiger partial charge on any atom is 0.0309 e. The number of nitrogens with zero attached hydrogens (tertiary/aromatic N) is 1. The van der Waals surface area contributed by atoms with Crippen LogP contribution in [0.5, 0.6) is 0 Å². The number of hydrogen-bond donors (Lipinski definition) is 1. The Kier molecular flexibility index (Phi) is 4.93. The van der Waals surface area contributed by atoms with Gasteiger partial charge in [0, 0.05) is 36.0 Å². The first-order chi connectivity index (χ1) is 10.1. The van der Waals surface area contributed by atoms with Gasteiger partial charge in [0.2, 0.25) is 0 Å². The smallest absolute Gasteiger partial charge is 0.0309 e. The van der Waals surface area contributed by atoms with E-state index in [0.717, 1.165) is 12.0 Å². The van der Waals surface area contributed by atoms with Gasteiger partial charge in [0.05, 0.1) is 0 Å². The van der Waals surface area contributed by atoms with Crippen molar-refractivity contribution in [1.82, 2.24) is 10.2 Å². The summed E-state index contributed by atoms with van der Waals surface area (Å²) >= 11 is 2.16. The zero-order valence-electron chi connectivity index (χ0n) is 14.3. The Morgan fingerprint density at radius 3 is 2.48 bits per heavy atom. The van der Waals surface area contributed by atoms with Crippen LogP contribution in [0.3, 0.4) is 0 Å². The van der Waals surface area contributed by atoms with Crippen molar-refractivity contribution in [3.05, 3.63) is 0 Å². The maximum absolute atomic E-state index is 3.91. The van der Waals surface area contributed by atoms with Gasteiger partial charge in [-0.05, 0) is 51.2 Å². The van der Waals surface area contributed by atoms with Gasteiger partial charge in [-0.3, -0.25) is 4.90 Å². The molecule has 0 aromatic carbocycles. The van der Waals surface area contributed by atoms with Crippen molar-refractivity contribution in [1.29, 1.82) is 0 Å². The average molecular weight is 311 g/mol. The molecule has 2 atom stereocenters. The average Bonchev–Trinajstić information content (AvgIpc) is 3.34. The predicted molar refractivity (Wildman–Crippen MR) is 94.1 cm³/mol. The van der Waals surface area contributed by atoms with Crippen molar-refractivity contribution in [2.75, 3.05) is 25.9 Å². The number of rotatable bonds is 5. The molecule has 2 unspecified atom stereocenters. The van der Waals surface area contributed by atoms with Crippen LogP contribution >= 0.6 is 11.8 Å². The SMILES string of the molecule is CCC1CNC(C)(C2CC2)CN1CC1(SC)CCCCC1. The molecular formula is C18H34N2S. The van der Waals surface area contributed by atoms with Crippen LogP contribution in [0.1, 0.15) is 65.2 Å². The van der Waals surface area contributed by atoms with E-state index < -0.39 is 0 Å². The van der Waals surface area contributed by atoms with Gasteiger partial charge in [-0.2, -0.15) is 11.8 Å². The van der Waals surface area contributed by atoms with Gasteiger partial charge in [-0.15, -0.1) is 0 Å². The molecular weight excluding hydrogens is 276 g/mol. The summed E-state index contributed by atoms with van der Waals surface area (Å²) in [5.41, 5.74) is 0.389. The molecule has 122 valence electrons. The van der Waals surface area contributed by atoms with E-state index in [1.54, 1.807) is 0 Å². The molecule has 2 saturated carbocycles. The summed E-state index contributed by atoms with van der Waals surface area (Å²) < 4.78 is 0.549. The molecule has 0 amide bonds. The molecule has 3 fully saturated rings. The molecule has 3 heteroatoms. The van der Waals surface area contributed by atoms with Gasteiger partial charge in [-0.1, -0.05) is 26.2 Å². The molecule has 3 rings (SSSR count).